The Labute approximate surface area is 115 Å². The number of carbonyl (C=O) groups excluding carboxylic acids is 2. The Hall–Kier alpha value is -1.75. The molecule has 0 aliphatic carbocycles. The largest absolute Gasteiger partial charge is 0.490 e. The quantitative estimate of drug-likeness (QED) is 0.482. The van der Waals surface area contributed by atoms with Gasteiger partial charge >= 0.3 is 5.97 Å². The molecule has 0 spiro atoms. The van der Waals surface area contributed by atoms with Crippen molar-refractivity contribution in [3.63, 3.8) is 0 Å². The van der Waals surface area contributed by atoms with Gasteiger partial charge in [-0.05, 0) is 17.7 Å². The summed E-state index contributed by atoms with van der Waals surface area (Å²) in [6, 6.07) is 4.92. The van der Waals surface area contributed by atoms with Crippen LogP contribution in [0.1, 0.15) is 17.4 Å². The van der Waals surface area contributed by atoms with Gasteiger partial charge < -0.3 is 14.2 Å². The van der Waals surface area contributed by atoms with E-state index in [-0.39, 0.29) is 0 Å². The molecule has 0 saturated heterocycles. The third-order valence-corrected chi connectivity index (χ3v) is 3.13. The molecule has 5 nitrogen and oxygen atoms in total. The summed E-state index contributed by atoms with van der Waals surface area (Å²) >= 11 is 5.97. The first-order chi connectivity index (χ1) is 9.13. The standard InChI is InChI=1S/C13H13ClO5/c1-17-13(16)12(15)11(14)8-3-4-9-10(7-8)19-6-2-5-18-9/h3-4,7,11H,2,5-6H2,1H3. The van der Waals surface area contributed by atoms with Crippen molar-refractivity contribution in [2.75, 3.05) is 20.3 Å². The number of esters is 1. The molecule has 0 aromatic heterocycles. The summed E-state index contributed by atoms with van der Waals surface area (Å²) < 4.78 is 15.3. The van der Waals surface area contributed by atoms with E-state index in [0.29, 0.717) is 30.3 Å². The zero-order valence-electron chi connectivity index (χ0n) is 10.3. The zero-order chi connectivity index (χ0) is 13.8. The minimum absolute atomic E-state index is 0.473. The SMILES string of the molecule is COC(=O)C(=O)C(Cl)c1ccc2c(c1)OCCCO2. The average molecular weight is 285 g/mol. The van der Waals surface area contributed by atoms with Crippen molar-refractivity contribution in [3.05, 3.63) is 23.8 Å². The fraction of sp³-hybridized carbons (Fsp3) is 0.385. The van der Waals surface area contributed by atoms with Gasteiger partial charge in [0.2, 0.25) is 0 Å². The van der Waals surface area contributed by atoms with Crippen molar-refractivity contribution in [1.82, 2.24) is 0 Å². The van der Waals surface area contributed by atoms with Crippen LogP contribution in [-0.2, 0) is 14.3 Å². The number of halogens is 1. The van der Waals surface area contributed by atoms with Crippen LogP contribution in [0.3, 0.4) is 0 Å². The predicted octanol–water partition coefficient (Wildman–Crippen LogP) is 1.87. The topological polar surface area (TPSA) is 61.8 Å². The van der Waals surface area contributed by atoms with Crippen LogP contribution in [0.15, 0.2) is 18.2 Å². The van der Waals surface area contributed by atoms with E-state index < -0.39 is 17.1 Å². The maximum Gasteiger partial charge on any atom is 0.376 e. The normalized spacial score (nSPS) is 15.3. The number of Topliss-reactive ketones (excluding diaryl/α,β-unsaturated/α-hetero) is 1. The molecule has 2 rings (SSSR count). The van der Waals surface area contributed by atoms with E-state index in [1.807, 2.05) is 0 Å². The lowest BCUT2D eigenvalue weighted by Gasteiger charge is -2.11. The Morgan fingerprint density at radius 3 is 2.63 bits per heavy atom. The van der Waals surface area contributed by atoms with Gasteiger partial charge in [-0.3, -0.25) is 4.79 Å². The van der Waals surface area contributed by atoms with Crippen molar-refractivity contribution < 1.29 is 23.8 Å². The molecule has 102 valence electrons. The molecule has 1 aliphatic rings. The third kappa shape index (κ3) is 2.98. The van der Waals surface area contributed by atoms with Crippen LogP contribution < -0.4 is 9.47 Å². The van der Waals surface area contributed by atoms with E-state index in [2.05, 4.69) is 4.74 Å². The maximum absolute atomic E-state index is 11.6. The molecule has 19 heavy (non-hydrogen) atoms. The van der Waals surface area contributed by atoms with Crippen LogP contribution in [0.2, 0.25) is 0 Å². The highest BCUT2D eigenvalue weighted by Crippen LogP contribution is 2.34. The van der Waals surface area contributed by atoms with E-state index in [1.165, 1.54) is 0 Å². The van der Waals surface area contributed by atoms with Crippen LogP contribution in [0, 0.1) is 0 Å². The molecule has 1 aromatic carbocycles. The van der Waals surface area contributed by atoms with Gasteiger partial charge in [0.15, 0.2) is 11.5 Å². The predicted molar refractivity (Wildman–Crippen MR) is 67.7 cm³/mol. The lowest BCUT2D eigenvalue weighted by atomic mass is 10.1. The second kappa shape index (κ2) is 5.93. The first-order valence-electron chi connectivity index (χ1n) is 5.79. The summed E-state index contributed by atoms with van der Waals surface area (Å²) in [5.74, 6) is -0.639. The third-order valence-electron chi connectivity index (χ3n) is 2.68. The molecule has 0 amide bonds. The van der Waals surface area contributed by atoms with Gasteiger partial charge in [0.1, 0.15) is 5.38 Å². The monoisotopic (exact) mass is 284 g/mol. The van der Waals surface area contributed by atoms with Gasteiger partial charge in [-0.25, -0.2) is 4.79 Å². The van der Waals surface area contributed by atoms with Crippen molar-refractivity contribution >= 4 is 23.4 Å². The zero-order valence-corrected chi connectivity index (χ0v) is 11.1. The van der Waals surface area contributed by atoms with Gasteiger partial charge in [0, 0.05) is 6.42 Å². The van der Waals surface area contributed by atoms with E-state index in [1.54, 1.807) is 18.2 Å². The number of ether oxygens (including phenoxy) is 3. The fourth-order valence-corrected chi connectivity index (χ4v) is 1.92. The highest BCUT2D eigenvalue weighted by molar-refractivity contribution is 6.47. The van der Waals surface area contributed by atoms with Gasteiger partial charge in [0.25, 0.3) is 5.78 Å². The Morgan fingerprint density at radius 1 is 1.26 bits per heavy atom. The number of methoxy groups -OCH3 is 1. The number of rotatable bonds is 3. The van der Waals surface area contributed by atoms with Crippen molar-refractivity contribution in [2.45, 2.75) is 11.8 Å². The summed E-state index contributed by atoms with van der Waals surface area (Å²) in [6.45, 7) is 1.12. The number of carbonyl (C=O) groups is 2. The van der Waals surface area contributed by atoms with Gasteiger partial charge in [-0.1, -0.05) is 6.07 Å². The van der Waals surface area contributed by atoms with Crippen LogP contribution in [-0.4, -0.2) is 32.1 Å². The molecule has 0 bridgehead atoms. The lowest BCUT2D eigenvalue weighted by Crippen LogP contribution is -2.20. The van der Waals surface area contributed by atoms with Gasteiger partial charge in [-0.15, -0.1) is 11.6 Å². The smallest absolute Gasteiger partial charge is 0.376 e. The van der Waals surface area contributed by atoms with E-state index >= 15 is 0 Å². The van der Waals surface area contributed by atoms with Gasteiger partial charge in [0.05, 0.1) is 20.3 Å². The molecule has 1 aliphatic heterocycles. The molecule has 1 unspecified atom stereocenters. The number of benzene rings is 1. The summed E-state index contributed by atoms with van der Waals surface area (Å²) in [5, 5.41) is -1.09. The Kier molecular flexibility index (Phi) is 4.27. The minimum Gasteiger partial charge on any atom is -0.490 e. The van der Waals surface area contributed by atoms with Crippen LogP contribution in [0.5, 0.6) is 11.5 Å². The van der Waals surface area contributed by atoms with E-state index in [0.717, 1.165) is 13.5 Å². The molecule has 1 aromatic rings. The first-order valence-corrected chi connectivity index (χ1v) is 6.23. The fourth-order valence-electron chi connectivity index (χ4n) is 1.69. The second-order valence-corrected chi connectivity index (χ2v) is 4.41. The molecule has 0 radical (unpaired) electrons. The molecule has 1 heterocycles. The molecule has 0 saturated carbocycles. The molecular weight excluding hydrogens is 272 g/mol. The molecule has 1 atom stereocenters. The Morgan fingerprint density at radius 2 is 1.95 bits per heavy atom. The highest BCUT2D eigenvalue weighted by Gasteiger charge is 2.26. The Balaban J connectivity index is 2.23. The number of ketones is 1. The summed E-state index contributed by atoms with van der Waals surface area (Å²) in [7, 11) is 1.14. The van der Waals surface area contributed by atoms with Gasteiger partial charge in [-0.2, -0.15) is 0 Å². The Bertz CT molecular complexity index is 500. The van der Waals surface area contributed by atoms with Crippen LogP contribution in [0.4, 0.5) is 0 Å². The maximum atomic E-state index is 11.6. The number of alkyl halides is 1. The second-order valence-electron chi connectivity index (χ2n) is 3.98. The van der Waals surface area contributed by atoms with E-state index in [4.69, 9.17) is 21.1 Å². The first kappa shape index (κ1) is 13.7. The minimum atomic E-state index is -1.09. The molecule has 0 fully saturated rings. The summed E-state index contributed by atoms with van der Waals surface area (Å²) in [4.78, 5) is 22.8. The molecular formula is C13H13ClO5. The molecule has 6 heteroatoms. The number of fused-ring (bicyclic) bond motifs is 1. The van der Waals surface area contributed by atoms with E-state index in [9.17, 15) is 9.59 Å². The number of hydrogen-bond donors (Lipinski definition) is 0. The van der Waals surface area contributed by atoms with Crippen LogP contribution in [0.25, 0.3) is 0 Å². The number of hydrogen-bond acceptors (Lipinski definition) is 5. The summed E-state index contributed by atoms with van der Waals surface area (Å²) in [5.41, 5.74) is 0.473. The highest BCUT2D eigenvalue weighted by atomic mass is 35.5. The van der Waals surface area contributed by atoms with Crippen LogP contribution >= 0.6 is 11.6 Å². The summed E-state index contributed by atoms with van der Waals surface area (Å²) in [6.07, 6.45) is 0.787. The lowest BCUT2D eigenvalue weighted by molar-refractivity contribution is -0.151. The average Bonchev–Trinajstić information content (AvgIpc) is 2.69. The van der Waals surface area contributed by atoms with Crippen molar-refractivity contribution in [2.24, 2.45) is 0 Å². The molecule has 0 N–H and O–H groups in total. The van der Waals surface area contributed by atoms with Crippen molar-refractivity contribution in [1.29, 1.82) is 0 Å². The van der Waals surface area contributed by atoms with Crippen molar-refractivity contribution in [3.8, 4) is 11.5 Å².